The summed E-state index contributed by atoms with van der Waals surface area (Å²) in [7, 11) is 0. The van der Waals surface area contributed by atoms with Gasteiger partial charge in [-0.15, -0.1) is 0 Å². The molecule has 0 bridgehead atoms. The van der Waals surface area contributed by atoms with Crippen molar-refractivity contribution in [2.75, 3.05) is 0 Å². The molecule has 0 radical (unpaired) electrons. The van der Waals surface area contributed by atoms with Crippen LogP contribution in [-0.4, -0.2) is 11.1 Å². The second kappa shape index (κ2) is 3.93. The maximum absolute atomic E-state index is 10.6. The molecule has 0 aliphatic heterocycles. The lowest BCUT2D eigenvalue weighted by atomic mass is 9.98. The summed E-state index contributed by atoms with van der Waals surface area (Å²) in [5.41, 5.74) is 2.90. The standard InChI is InChI=1S/C11H11NO2/c1-7-3-8(2)10(6-12)9(4-7)5-11(13)14/h3-4H,5H2,1-2H3,(H,13,14). The van der Waals surface area contributed by atoms with Crippen LogP contribution in [-0.2, 0) is 11.2 Å². The lowest BCUT2D eigenvalue weighted by molar-refractivity contribution is -0.136. The minimum absolute atomic E-state index is 0.0919. The van der Waals surface area contributed by atoms with Gasteiger partial charge < -0.3 is 5.11 Å². The highest BCUT2D eigenvalue weighted by Crippen LogP contribution is 2.16. The Morgan fingerprint density at radius 2 is 2.14 bits per heavy atom. The monoisotopic (exact) mass is 189 g/mol. The second-order valence-electron chi connectivity index (χ2n) is 3.30. The molecule has 1 aromatic carbocycles. The van der Waals surface area contributed by atoms with Crippen LogP contribution in [0.3, 0.4) is 0 Å². The van der Waals surface area contributed by atoms with Crippen LogP contribution in [0, 0.1) is 25.2 Å². The summed E-state index contributed by atoms with van der Waals surface area (Å²) in [6.07, 6.45) is -0.0919. The van der Waals surface area contributed by atoms with E-state index in [1.165, 1.54) is 0 Å². The van der Waals surface area contributed by atoms with E-state index in [1.807, 2.05) is 26.0 Å². The van der Waals surface area contributed by atoms with Crippen molar-refractivity contribution >= 4 is 5.97 Å². The number of carboxylic acid groups (broad SMARTS) is 1. The topological polar surface area (TPSA) is 61.1 Å². The molecule has 0 saturated carbocycles. The Kier molecular flexibility index (Phi) is 2.88. The number of carboxylic acids is 1. The molecule has 0 fully saturated rings. The zero-order chi connectivity index (χ0) is 10.7. The maximum atomic E-state index is 10.6. The lowest BCUT2D eigenvalue weighted by Gasteiger charge is -2.05. The fraction of sp³-hybridized carbons (Fsp3) is 0.273. The van der Waals surface area contributed by atoms with Gasteiger partial charge in [0.05, 0.1) is 18.1 Å². The minimum Gasteiger partial charge on any atom is -0.481 e. The summed E-state index contributed by atoms with van der Waals surface area (Å²) >= 11 is 0. The molecule has 0 aliphatic rings. The van der Waals surface area contributed by atoms with Gasteiger partial charge in [-0.2, -0.15) is 5.26 Å². The molecule has 72 valence electrons. The van der Waals surface area contributed by atoms with E-state index >= 15 is 0 Å². The summed E-state index contributed by atoms with van der Waals surface area (Å²) in [4.78, 5) is 10.6. The Balaban J connectivity index is 3.26. The second-order valence-corrected chi connectivity index (χ2v) is 3.30. The molecule has 0 atom stereocenters. The number of aryl methyl sites for hydroxylation is 2. The maximum Gasteiger partial charge on any atom is 0.307 e. The Hall–Kier alpha value is -1.82. The smallest absolute Gasteiger partial charge is 0.307 e. The minimum atomic E-state index is -0.911. The largest absolute Gasteiger partial charge is 0.481 e. The number of carbonyl (C=O) groups is 1. The molecule has 1 rings (SSSR count). The van der Waals surface area contributed by atoms with Gasteiger partial charge in [0.1, 0.15) is 0 Å². The number of hydrogen-bond acceptors (Lipinski definition) is 2. The molecular weight excluding hydrogens is 178 g/mol. The Morgan fingerprint density at radius 3 is 2.64 bits per heavy atom. The van der Waals surface area contributed by atoms with Crippen LogP contribution >= 0.6 is 0 Å². The van der Waals surface area contributed by atoms with Crippen LogP contribution in [0.4, 0.5) is 0 Å². The molecule has 0 aromatic heterocycles. The number of rotatable bonds is 2. The molecule has 0 spiro atoms. The highest BCUT2D eigenvalue weighted by atomic mass is 16.4. The quantitative estimate of drug-likeness (QED) is 0.771. The number of nitrogens with zero attached hydrogens (tertiary/aromatic N) is 1. The average molecular weight is 189 g/mol. The third-order valence-electron chi connectivity index (χ3n) is 2.02. The third-order valence-corrected chi connectivity index (χ3v) is 2.02. The highest BCUT2D eigenvalue weighted by molar-refractivity contribution is 5.71. The highest BCUT2D eigenvalue weighted by Gasteiger charge is 2.09. The summed E-state index contributed by atoms with van der Waals surface area (Å²) in [5.74, 6) is -0.911. The van der Waals surface area contributed by atoms with Gasteiger partial charge in [0.15, 0.2) is 0 Å². The van der Waals surface area contributed by atoms with Crippen molar-refractivity contribution in [3.8, 4) is 6.07 Å². The van der Waals surface area contributed by atoms with Gasteiger partial charge in [-0.3, -0.25) is 4.79 Å². The number of aliphatic carboxylic acids is 1. The first-order valence-electron chi connectivity index (χ1n) is 4.26. The van der Waals surface area contributed by atoms with Crippen molar-refractivity contribution in [3.05, 3.63) is 34.4 Å². The third kappa shape index (κ3) is 2.11. The van der Waals surface area contributed by atoms with E-state index in [9.17, 15) is 4.79 Å². The van der Waals surface area contributed by atoms with Crippen LogP contribution in [0.15, 0.2) is 12.1 Å². The van der Waals surface area contributed by atoms with E-state index in [1.54, 1.807) is 6.07 Å². The van der Waals surface area contributed by atoms with Crippen molar-refractivity contribution in [1.82, 2.24) is 0 Å². The number of hydrogen-bond donors (Lipinski definition) is 1. The van der Waals surface area contributed by atoms with Gasteiger partial charge in [0.2, 0.25) is 0 Å². The van der Waals surface area contributed by atoms with Crippen molar-refractivity contribution in [2.24, 2.45) is 0 Å². The zero-order valence-electron chi connectivity index (χ0n) is 8.16. The predicted octanol–water partition coefficient (Wildman–Crippen LogP) is 1.80. The molecule has 0 amide bonds. The molecule has 1 N–H and O–H groups in total. The van der Waals surface area contributed by atoms with Crippen LogP contribution in [0.2, 0.25) is 0 Å². The van der Waals surface area contributed by atoms with Gasteiger partial charge in [-0.05, 0) is 25.0 Å². The molecule has 3 heteroatoms. The summed E-state index contributed by atoms with van der Waals surface area (Å²) in [5, 5.41) is 17.5. The zero-order valence-corrected chi connectivity index (χ0v) is 8.16. The molecule has 3 nitrogen and oxygen atoms in total. The molecule has 0 aliphatic carbocycles. The molecule has 0 saturated heterocycles. The lowest BCUT2D eigenvalue weighted by Crippen LogP contribution is -2.04. The van der Waals surface area contributed by atoms with E-state index < -0.39 is 5.97 Å². The number of benzene rings is 1. The first-order valence-corrected chi connectivity index (χ1v) is 4.26. The van der Waals surface area contributed by atoms with Crippen LogP contribution in [0.1, 0.15) is 22.3 Å². The summed E-state index contributed by atoms with van der Waals surface area (Å²) in [6, 6.07) is 5.66. The molecular formula is C11H11NO2. The van der Waals surface area contributed by atoms with E-state index in [0.29, 0.717) is 11.1 Å². The Morgan fingerprint density at radius 1 is 1.50 bits per heavy atom. The van der Waals surface area contributed by atoms with Crippen molar-refractivity contribution in [3.63, 3.8) is 0 Å². The molecule has 0 unspecified atom stereocenters. The predicted molar refractivity (Wildman–Crippen MR) is 52.0 cm³/mol. The van der Waals surface area contributed by atoms with E-state index in [-0.39, 0.29) is 6.42 Å². The first kappa shape index (κ1) is 10.3. The van der Waals surface area contributed by atoms with Gasteiger partial charge in [0, 0.05) is 0 Å². The molecule has 0 heterocycles. The van der Waals surface area contributed by atoms with Crippen molar-refractivity contribution < 1.29 is 9.90 Å². The van der Waals surface area contributed by atoms with Gasteiger partial charge in [-0.1, -0.05) is 17.7 Å². The van der Waals surface area contributed by atoms with E-state index in [0.717, 1.165) is 11.1 Å². The van der Waals surface area contributed by atoms with Gasteiger partial charge in [-0.25, -0.2) is 0 Å². The average Bonchev–Trinajstić information content (AvgIpc) is 2.01. The molecule has 1 aromatic rings. The summed E-state index contributed by atoms with van der Waals surface area (Å²) < 4.78 is 0. The Labute approximate surface area is 82.6 Å². The van der Waals surface area contributed by atoms with Crippen molar-refractivity contribution in [2.45, 2.75) is 20.3 Å². The van der Waals surface area contributed by atoms with Crippen LogP contribution in [0.5, 0.6) is 0 Å². The fourth-order valence-electron chi connectivity index (χ4n) is 1.52. The van der Waals surface area contributed by atoms with Crippen LogP contribution < -0.4 is 0 Å². The van der Waals surface area contributed by atoms with Crippen molar-refractivity contribution in [1.29, 1.82) is 5.26 Å². The SMILES string of the molecule is Cc1cc(C)c(C#N)c(CC(=O)O)c1. The summed E-state index contributed by atoms with van der Waals surface area (Å²) in [6.45, 7) is 3.70. The van der Waals surface area contributed by atoms with Crippen LogP contribution in [0.25, 0.3) is 0 Å². The molecule has 14 heavy (non-hydrogen) atoms. The number of nitriles is 1. The van der Waals surface area contributed by atoms with E-state index in [2.05, 4.69) is 0 Å². The fourth-order valence-corrected chi connectivity index (χ4v) is 1.52. The van der Waals surface area contributed by atoms with Gasteiger partial charge >= 0.3 is 5.97 Å². The first-order chi connectivity index (χ1) is 6.54. The normalized spacial score (nSPS) is 9.50. The van der Waals surface area contributed by atoms with E-state index in [4.69, 9.17) is 10.4 Å². The van der Waals surface area contributed by atoms with Gasteiger partial charge in [0.25, 0.3) is 0 Å². The Bertz CT molecular complexity index is 416.